The van der Waals surface area contributed by atoms with Crippen LogP contribution in [0.25, 0.3) is 11.5 Å². The van der Waals surface area contributed by atoms with Gasteiger partial charge in [-0.3, -0.25) is 24.9 Å². The zero-order valence-electron chi connectivity index (χ0n) is 16.5. The molecule has 0 aliphatic carbocycles. The number of rotatable bonds is 6. The molecule has 2 heterocycles. The number of alkyl halides is 3. The van der Waals surface area contributed by atoms with E-state index < -0.39 is 57.1 Å². The van der Waals surface area contributed by atoms with Crippen LogP contribution in [0.15, 0.2) is 53.5 Å². The van der Waals surface area contributed by atoms with E-state index in [0.717, 1.165) is 16.2 Å². The second kappa shape index (κ2) is 8.57. The van der Waals surface area contributed by atoms with E-state index >= 15 is 0 Å². The van der Waals surface area contributed by atoms with Crippen LogP contribution >= 0.6 is 0 Å². The molecule has 2 N–H and O–H groups in total. The topological polar surface area (TPSA) is 135 Å². The second-order valence-electron chi connectivity index (χ2n) is 6.85. The molecule has 12 heteroatoms. The van der Waals surface area contributed by atoms with E-state index in [0.29, 0.717) is 0 Å². The second-order valence-corrected chi connectivity index (χ2v) is 6.85. The van der Waals surface area contributed by atoms with Crippen LogP contribution in [0.2, 0.25) is 0 Å². The van der Waals surface area contributed by atoms with E-state index in [2.05, 4.69) is 9.97 Å². The van der Waals surface area contributed by atoms with Crippen LogP contribution in [0.3, 0.4) is 0 Å². The van der Waals surface area contributed by atoms with Gasteiger partial charge in [0.2, 0.25) is 5.88 Å². The molecule has 0 amide bonds. The molecule has 0 bridgehead atoms. The normalized spacial score (nSPS) is 12.4. The number of hydrogen-bond donors (Lipinski definition) is 2. The van der Waals surface area contributed by atoms with E-state index in [1.54, 1.807) is 30.3 Å². The molecule has 1 aromatic carbocycles. The first-order valence-electron chi connectivity index (χ1n) is 9.17. The van der Waals surface area contributed by atoms with Gasteiger partial charge in [-0.15, -0.1) is 0 Å². The summed E-state index contributed by atoms with van der Waals surface area (Å²) in [5.74, 6) is -1.85. The summed E-state index contributed by atoms with van der Waals surface area (Å²) >= 11 is 0. The van der Waals surface area contributed by atoms with Gasteiger partial charge in [-0.2, -0.15) is 18.2 Å². The number of hydrogen-bond acceptors (Lipinski definition) is 7. The maximum Gasteiger partial charge on any atom is 0.433 e. The summed E-state index contributed by atoms with van der Waals surface area (Å²) in [7, 11) is 0. The largest absolute Gasteiger partial charge is 0.493 e. The van der Waals surface area contributed by atoms with Crippen molar-refractivity contribution in [3.63, 3.8) is 0 Å². The van der Waals surface area contributed by atoms with Crippen molar-refractivity contribution < 1.29 is 23.2 Å². The Labute approximate surface area is 178 Å². The van der Waals surface area contributed by atoms with E-state index in [9.17, 15) is 33.2 Å². The Morgan fingerprint density at radius 2 is 1.91 bits per heavy atom. The summed E-state index contributed by atoms with van der Waals surface area (Å²) in [6.45, 7) is 1.51. The van der Waals surface area contributed by atoms with Gasteiger partial charge in [0.1, 0.15) is 5.56 Å². The summed E-state index contributed by atoms with van der Waals surface area (Å²) in [6.07, 6.45) is -3.89. The average molecular weight is 447 g/mol. The van der Waals surface area contributed by atoms with Gasteiger partial charge in [-0.1, -0.05) is 30.3 Å². The molecule has 0 spiro atoms. The predicted molar refractivity (Wildman–Crippen MR) is 108 cm³/mol. The minimum absolute atomic E-state index is 0.152. The summed E-state index contributed by atoms with van der Waals surface area (Å²) in [5, 5.41) is 28.9. The summed E-state index contributed by atoms with van der Waals surface area (Å²) in [4.78, 5) is 31.3. The Bertz CT molecular complexity index is 1240. The average Bonchev–Trinajstić information content (AvgIpc) is 2.73. The highest BCUT2D eigenvalue weighted by Gasteiger charge is 2.40. The Morgan fingerprint density at radius 3 is 2.50 bits per heavy atom. The number of aromatic hydroxyl groups is 1. The van der Waals surface area contributed by atoms with Crippen LogP contribution in [0.5, 0.6) is 5.88 Å². The smallest absolute Gasteiger partial charge is 0.433 e. The number of benzene rings is 1. The third kappa shape index (κ3) is 4.33. The highest BCUT2D eigenvalue weighted by molar-refractivity contribution is 6.03. The standard InChI is InChI=1S/C20H16F3N5O4/c1-11(10-12-6-3-2-4-7-12)27-17(15-13(28(31)32)8-5-9-25-15)26-18(29)14(19(27)30)16(24)20(21,22)23/h2-9,11,24,29H,10H2,1H3/t11-/m1/s1. The lowest BCUT2D eigenvalue weighted by Crippen LogP contribution is -2.36. The van der Waals surface area contributed by atoms with Crippen molar-refractivity contribution >= 4 is 11.4 Å². The van der Waals surface area contributed by atoms with Crippen molar-refractivity contribution in [1.29, 1.82) is 5.41 Å². The first-order chi connectivity index (χ1) is 15.0. The molecule has 3 aromatic rings. The summed E-state index contributed by atoms with van der Waals surface area (Å²) in [5.41, 5.74) is -5.02. The molecule has 0 saturated heterocycles. The maximum atomic E-state index is 13.2. The Balaban J connectivity index is 2.31. The van der Waals surface area contributed by atoms with Crippen molar-refractivity contribution in [3.05, 3.63) is 80.3 Å². The van der Waals surface area contributed by atoms with Crippen molar-refractivity contribution in [3.8, 4) is 17.4 Å². The lowest BCUT2D eigenvalue weighted by molar-refractivity contribution is -0.384. The number of pyridine rings is 1. The number of nitrogens with zero attached hydrogens (tertiary/aromatic N) is 4. The Hall–Kier alpha value is -4.09. The van der Waals surface area contributed by atoms with Crippen molar-refractivity contribution in [1.82, 2.24) is 14.5 Å². The van der Waals surface area contributed by atoms with E-state index in [-0.39, 0.29) is 6.42 Å². The summed E-state index contributed by atoms with van der Waals surface area (Å²) < 4.78 is 40.3. The molecule has 0 radical (unpaired) electrons. The molecule has 9 nitrogen and oxygen atoms in total. The van der Waals surface area contributed by atoms with Crippen molar-refractivity contribution in [2.45, 2.75) is 25.6 Å². The van der Waals surface area contributed by atoms with E-state index in [1.165, 1.54) is 19.2 Å². The monoisotopic (exact) mass is 447 g/mol. The third-order valence-electron chi connectivity index (χ3n) is 4.64. The Morgan fingerprint density at radius 1 is 1.25 bits per heavy atom. The molecule has 0 fully saturated rings. The van der Waals surface area contributed by atoms with Gasteiger partial charge in [0.15, 0.2) is 17.2 Å². The minimum Gasteiger partial charge on any atom is -0.493 e. The molecule has 0 saturated carbocycles. The molecule has 3 rings (SSSR count). The van der Waals surface area contributed by atoms with E-state index in [4.69, 9.17) is 5.41 Å². The zero-order valence-corrected chi connectivity index (χ0v) is 16.5. The van der Waals surface area contributed by atoms with Crippen LogP contribution in [-0.4, -0.2) is 36.5 Å². The van der Waals surface area contributed by atoms with Gasteiger partial charge in [-0.05, 0) is 25.0 Å². The van der Waals surface area contributed by atoms with Gasteiger partial charge in [-0.25, -0.2) is 4.98 Å². The van der Waals surface area contributed by atoms with Gasteiger partial charge in [0.05, 0.1) is 4.92 Å². The molecule has 0 aliphatic heterocycles. The van der Waals surface area contributed by atoms with Crippen LogP contribution < -0.4 is 5.56 Å². The van der Waals surface area contributed by atoms with Crippen LogP contribution in [0, 0.1) is 15.5 Å². The fourth-order valence-electron chi connectivity index (χ4n) is 3.22. The quantitative estimate of drug-likeness (QED) is 0.336. The first-order valence-corrected chi connectivity index (χ1v) is 9.17. The molecule has 32 heavy (non-hydrogen) atoms. The highest BCUT2D eigenvalue weighted by Crippen LogP contribution is 2.31. The predicted octanol–water partition coefficient (Wildman–Crippen LogP) is 3.65. The van der Waals surface area contributed by atoms with Crippen LogP contribution in [0.1, 0.15) is 24.1 Å². The fraction of sp³-hybridized carbons (Fsp3) is 0.200. The van der Waals surface area contributed by atoms with Crippen molar-refractivity contribution in [2.75, 3.05) is 0 Å². The number of nitrogens with one attached hydrogen (secondary N) is 1. The fourth-order valence-corrected chi connectivity index (χ4v) is 3.22. The molecule has 2 aromatic heterocycles. The molecular formula is C20H16F3N5O4. The van der Waals surface area contributed by atoms with Gasteiger partial charge >= 0.3 is 6.18 Å². The lowest BCUT2D eigenvalue weighted by Gasteiger charge is -2.21. The highest BCUT2D eigenvalue weighted by atomic mass is 19.4. The zero-order chi connectivity index (χ0) is 23.6. The number of nitro groups is 1. The molecule has 1 atom stereocenters. The van der Waals surface area contributed by atoms with Gasteiger partial charge in [0, 0.05) is 18.3 Å². The van der Waals surface area contributed by atoms with Gasteiger partial charge < -0.3 is 5.11 Å². The molecule has 0 aliphatic rings. The number of halogens is 3. The Kier molecular flexibility index (Phi) is 6.05. The maximum absolute atomic E-state index is 13.2. The third-order valence-corrected chi connectivity index (χ3v) is 4.64. The minimum atomic E-state index is -5.22. The van der Waals surface area contributed by atoms with Gasteiger partial charge in [0.25, 0.3) is 11.2 Å². The SMILES string of the molecule is C[C@H](Cc1ccccc1)n1c(-c2ncccc2[N+](=O)[O-])nc(O)c(C(=N)C(F)(F)F)c1=O. The van der Waals surface area contributed by atoms with Crippen molar-refractivity contribution in [2.24, 2.45) is 0 Å². The molecular weight excluding hydrogens is 431 g/mol. The number of aromatic nitrogens is 3. The lowest BCUT2D eigenvalue weighted by atomic mass is 10.1. The molecule has 166 valence electrons. The summed E-state index contributed by atoms with van der Waals surface area (Å²) in [6, 6.07) is 10.2. The van der Waals surface area contributed by atoms with Crippen LogP contribution in [0.4, 0.5) is 18.9 Å². The first kappa shape index (κ1) is 22.6. The molecule has 0 unspecified atom stereocenters. The van der Waals surface area contributed by atoms with E-state index in [1.807, 2.05) is 0 Å². The van der Waals surface area contributed by atoms with Crippen LogP contribution in [-0.2, 0) is 6.42 Å².